The summed E-state index contributed by atoms with van der Waals surface area (Å²) < 4.78 is 11.3. The number of benzene rings is 2. The van der Waals surface area contributed by atoms with Gasteiger partial charge in [-0.25, -0.2) is 0 Å². The predicted molar refractivity (Wildman–Crippen MR) is 171 cm³/mol. The van der Waals surface area contributed by atoms with E-state index in [0.717, 1.165) is 5.56 Å². The zero-order valence-electron chi connectivity index (χ0n) is 27.0. The molecule has 0 aromatic heterocycles. The fourth-order valence-corrected chi connectivity index (χ4v) is 6.31. The summed E-state index contributed by atoms with van der Waals surface area (Å²) in [5, 5.41) is 12.4. The highest BCUT2D eigenvalue weighted by molar-refractivity contribution is 6.04. The summed E-state index contributed by atoms with van der Waals surface area (Å²) in [6.45, 7) is 9.79. The van der Waals surface area contributed by atoms with Crippen molar-refractivity contribution in [2.45, 2.75) is 90.9 Å². The largest absolute Gasteiger partial charge is 0.493 e. The van der Waals surface area contributed by atoms with E-state index in [4.69, 9.17) is 9.47 Å². The molecule has 4 rings (SSSR count). The molecule has 10 heteroatoms. The molecule has 2 aliphatic heterocycles. The Morgan fingerprint density at radius 2 is 1.78 bits per heavy atom. The Hall–Kier alpha value is -3.92. The Labute approximate surface area is 266 Å². The molecule has 0 radical (unpaired) electrons. The summed E-state index contributed by atoms with van der Waals surface area (Å²) in [6.07, 6.45) is 1.39. The number of hydrogen-bond donors (Lipinski definition) is 2. The Morgan fingerprint density at radius 3 is 2.42 bits per heavy atom. The van der Waals surface area contributed by atoms with Crippen LogP contribution in [0.1, 0.15) is 77.5 Å². The van der Waals surface area contributed by atoms with Gasteiger partial charge in [-0.15, -0.1) is 0 Å². The van der Waals surface area contributed by atoms with Crippen LogP contribution in [0.15, 0.2) is 48.5 Å². The van der Waals surface area contributed by atoms with E-state index in [1.807, 2.05) is 50.2 Å². The second kappa shape index (κ2) is 15.4. The number of anilines is 1. The predicted octanol–water partition coefficient (Wildman–Crippen LogP) is 4.19. The number of fused-ring (bicyclic) bond motifs is 3. The van der Waals surface area contributed by atoms with Crippen LogP contribution < -0.4 is 15.0 Å². The van der Waals surface area contributed by atoms with Crippen molar-refractivity contribution in [3.05, 3.63) is 59.7 Å². The molecule has 2 heterocycles. The average Bonchev–Trinajstić information content (AvgIpc) is 3.32. The van der Waals surface area contributed by atoms with Crippen LogP contribution in [0.25, 0.3) is 0 Å². The maximum atomic E-state index is 14.6. The van der Waals surface area contributed by atoms with Crippen LogP contribution >= 0.6 is 0 Å². The molecule has 2 aromatic carbocycles. The molecule has 3 amide bonds. The number of aryl methyl sites for hydroxylation is 1. The Bertz CT molecular complexity index is 1350. The van der Waals surface area contributed by atoms with Crippen molar-refractivity contribution < 1.29 is 33.8 Å². The SMILES string of the molecule is CCOC(=O)CC1[C@@H]2[C@@H](NC(=O)C(C)C)c3cc(OCCCO)ccc3N2C(=O)[C@H](CC(C)C)N1C(=O)CCc1ccccc1. The zero-order chi connectivity index (χ0) is 32.7. The van der Waals surface area contributed by atoms with Crippen LogP contribution in [0.2, 0.25) is 0 Å². The molecule has 0 spiro atoms. The zero-order valence-corrected chi connectivity index (χ0v) is 27.0. The van der Waals surface area contributed by atoms with E-state index in [9.17, 15) is 24.3 Å². The van der Waals surface area contributed by atoms with Gasteiger partial charge in [0.2, 0.25) is 17.7 Å². The van der Waals surface area contributed by atoms with Crippen molar-refractivity contribution in [2.75, 3.05) is 24.7 Å². The minimum Gasteiger partial charge on any atom is -0.493 e. The average molecular weight is 622 g/mol. The minimum atomic E-state index is -0.795. The number of hydrogen-bond acceptors (Lipinski definition) is 7. The topological polar surface area (TPSA) is 125 Å². The third-order valence-corrected chi connectivity index (χ3v) is 8.37. The fourth-order valence-electron chi connectivity index (χ4n) is 6.31. The summed E-state index contributed by atoms with van der Waals surface area (Å²) >= 11 is 0. The lowest BCUT2D eigenvalue weighted by Gasteiger charge is -2.50. The van der Waals surface area contributed by atoms with Crippen LogP contribution in [0.5, 0.6) is 5.75 Å². The molecule has 45 heavy (non-hydrogen) atoms. The molecule has 2 aromatic rings. The highest BCUT2D eigenvalue weighted by atomic mass is 16.5. The molecule has 0 bridgehead atoms. The highest BCUT2D eigenvalue weighted by Crippen LogP contribution is 2.48. The minimum absolute atomic E-state index is 0.0106. The van der Waals surface area contributed by atoms with Gasteiger partial charge in [-0.3, -0.25) is 19.2 Å². The van der Waals surface area contributed by atoms with Gasteiger partial charge < -0.3 is 29.7 Å². The van der Waals surface area contributed by atoms with Gasteiger partial charge in [0, 0.05) is 36.6 Å². The summed E-state index contributed by atoms with van der Waals surface area (Å²) in [4.78, 5) is 58.5. The van der Waals surface area contributed by atoms with Crippen LogP contribution in [0, 0.1) is 11.8 Å². The summed E-state index contributed by atoms with van der Waals surface area (Å²) in [7, 11) is 0. The maximum Gasteiger partial charge on any atom is 0.307 e. The lowest BCUT2D eigenvalue weighted by Crippen LogP contribution is -2.69. The number of esters is 1. The third-order valence-electron chi connectivity index (χ3n) is 8.37. The summed E-state index contributed by atoms with van der Waals surface area (Å²) in [6, 6.07) is 12.1. The Morgan fingerprint density at radius 1 is 1.04 bits per heavy atom. The van der Waals surface area contributed by atoms with Gasteiger partial charge in [-0.1, -0.05) is 58.0 Å². The molecule has 10 nitrogen and oxygen atoms in total. The van der Waals surface area contributed by atoms with Crippen LogP contribution in [0.3, 0.4) is 0 Å². The molecule has 0 saturated carbocycles. The number of amides is 3. The van der Waals surface area contributed by atoms with Gasteiger partial charge >= 0.3 is 5.97 Å². The lowest BCUT2D eigenvalue weighted by atomic mass is 9.87. The summed E-state index contributed by atoms with van der Waals surface area (Å²) in [5.41, 5.74) is 2.30. The first kappa shape index (κ1) is 34.0. The number of aliphatic hydroxyl groups is 1. The van der Waals surface area contributed by atoms with E-state index < -0.39 is 30.1 Å². The van der Waals surface area contributed by atoms with Crippen LogP contribution in [-0.2, 0) is 30.3 Å². The molecule has 0 aliphatic carbocycles. The van der Waals surface area contributed by atoms with Gasteiger partial charge in [0.1, 0.15) is 11.8 Å². The first-order chi connectivity index (χ1) is 21.6. The Kier molecular flexibility index (Phi) is 11.6. The molecule has 1 saturated heterocycles. The molecule has 2 aliphatic rings. The first-order valence-electron chi connectivity index (χ1n) is 16.1. The normalized spacial score (nSPS) is 20.7. The second-order valence-corrected chi connectivity index (χ2v) is 12.5. The summed E-state index contributed by atoms with van der Waals surface area (Å²) in [5.74, 6) is -0.861. The van der Waals surface area contributed by atoms with E-state index in [0.29, 0.717) is 42.9 Å². The van der Waals surface area contributed by atoms with Crippen LogP contribution in [-0.4, -0.2) is 71.6 Å². The van der Waals surface area contributed by atoms with Gasteiger partial charge in [-0.05, 0) is 49.4 Å². The number of aliphatic hydroxyl groups excluding tert-OH is 1. The lowest BCUT2D eigenvalue weighted by molar-refractivity contribution is -0.153. The maximum absolute atomic E-state index is 14.6. The number of nitrogens with one attached hydrogen (secondary N) is 1. The van der Waals surface area contributed by atoms with Crippen molar-refractivity contribution in [1.82, 2.24) is 10.2 Å². The molecule has 244 valence electrons. The molecular weight excluding hydrogens is 574 g/mol. The number of rotatable bonds is 14. The van der Waals surface area contributed by atoms with E-state index >= 15 is 0 Å². The van der Waals surface area contributed by atoms with Crippen molar-refractivity contribution in [3.63, 3.8) is 0 Å². The quantitative estimate of drug-likeness (QED) is 0.239. The third kappa shape index (κ3) is 7.84. The molecule has 1 unspecified atom stereocenters. The van der Waals surface area contributed by atoms with Crippen molar-refractivity contribution >= 4 is 29.4 Å². The van der Waals surface area contributed by atoms with Gasteiger partial charge in [0.15, 0.2) is 0 Å². The smallest absolute Gasteiger partial charge is 0.307 e. The number of carbonyl (C=O) groups excluding carboxylic acids is 4. The number of nitrogens with zero attached hydrogens (tertiary/aromatic N) is 2. The fraction of sp³-hybridized carbons (Fsp3) is 0.543. The monoisotopic (exact) mass is 621 g/mol. The van der Waals surface area contributed by atoms with Crippen molar-refractivity contribution in [3.8, 4) is 5.75 Å². The second-order valence-electron chi connectivity index (χ2n) is 12.5. The molecular formula is C35H47N3O7. The first-order valence-corrected chi connectivity index (χ1v) is 16.1. The van der Waals surface area contributed by atoms with Crippen molar-refractivity contribution in [1.29, 1.82) is 0 Å². The Balaban J connectivity index is 1.82. The molecule has 2 N–H and O–H groups in total. The molecule has 1 fully saturated rings. The van der Waals surface area contributed by atoms with Gasteiger partial charge in [-0.2, -0.15) is 0 Å². The molecule has 4 atom stereocenters. The highest BCUT2D eigenvalue weighted by Gasteiger charge is 2.56. The standard InChI is InChI=1S/C35H47N3O7/c1-6-44-31(41)21-28-33-32(36-34(42)23(4)5)26-20-25(45-18-10-17-39)14-15-27(26)38(33)35(43)29(19-22(2)3)37(28)30(40)16-13-24-11-8-7-9-12-24/h7-9,11-12,14-15,20,22-23,28-29,32-33,39H,6,10,13,16-19,21H2,1-5H3,(H,36,42)/t28?,29-,32-,33+/m0/s1. The van der Waals surface area contributed by atoms with E-state index in [2.05, 4.69) is 5.32 Å². The number of carbonyl (C=O) groups is 4. The van der Waals surface area contributed by atoms with E-state index in [1.165, 1.54) is 0 Å². The van der Waals surface area contributed by atoms with Gasteiger partial charge in [0.05, 0.1) is 37.8 Å². The number of ether oxygens (including phenoxy) is 2. The number of piperazine rings is 1. The van der Waals surface area contributed by atoms with E-state index in [1.54, 1.807) is 42.7 Å². The van der Waals surface area contributed by atoms with E-state index in [-0.39, 0.29) is 55.6 Å². The van der Waals surface area contributed by atoms with Crippen molar-refractivity contribution in [2.24, 2.45) is 11.8 Å². The van der Waals surface area contributed by atoms with Gasteiger partial charge in [0.25, 0.3) is 0 Å². The van der Waals surface area contributed by atoms with Crippen LogP contribution in [0.4, 0.5) is 5.69 Å².